The Morgan fingerprint density at radius 1 is 1.60 bits per heavy atom. The third kappa shape index (κ3) is 0.326. The van der Waals surface area contributed by atoms with E-state index in [0.29, 0.717) is 5.95 Å². The zero-order valence-corrected chi connectivity index (χ0v) is 3.25. The van der Waals surface area contributed by atoms with Gasteiger partial charge >= 0.3 is 5.95 Å². The lowest BCUT2D eigenvalue weighted by molar-refractivity contribution is 0.187. The molecule has 0 atom stereocenters. The lowest BCUT2D eigenvalue weighted by Gasteiger charge is -2.11. The Morgan fingerprint density at radius 2 is 2.00 bits per heavy atom. The van der Waals surface area contributed by atoms with E-state index in [1.165, 1.54) is 0 Å². The SMILES string of the molecule is C=C1OSO1. The maximum atomic E-state index is 4.43. The van der Waals surface area contributed by atoms with E-state index >= 15 is 0 Å². The van der Waals surface area contributed by atoms with E-state index in [4.69, 9.17) is 0 Å². The summed E-state index contributed by atoms with van der Waals surface area (Å²) in [5, 5.41) is 0. The highest BCUT2D eigenvalue weighted by molar-refractivity contribution is 7.91. The summed E-state index contributed by atoms with van der Waals surface area (Å²) >= 11 is 0.946. The van der Waals surface area contributed by atoms with E-state index < -0.39 is 0 Å². The maximum absolute atomic E-state index is 4.43. The molecule has 0 aromatic heterocycles. The first kappa shape index (κ1) is 2.90. The molecular weight excluding hydrogens is 88.1 g/mol. The molecule has 0 amide bonds. The minimum atomic E-state index is 0.398. The molecule has 5 heavy (non-hydrogen) atoms. The third-order valence-corrected chi connectivity index (χ3v) is 0.762. The molecule has 3 heteroatoms. The van der Waals surface area contributed by atoms with Crippen LogP contribution in [0.4, 0.5) is 0 Å². The van der Waals surface area contributed by atoms with Crippen LogP contribution in [-0.4, -0.2) is 0 Å². The van der Waals surface area contributed by atoms with E-state index in [2.05, 4.69) is 14.9 Å². The van der Waals surface area contributed by atoms with Crippen molar-refractivity contribution in [1.29, 1.82) is 0 Å². The quantitative estimate of drug-likeness (QED) is 0.414. The largest absolute Gasteiger partial charge is 0.354 e. The van der Waals surface area contributed by atoms with Crippen LogP contribution in [-0.2, 0) is 8.37 Å². The molecule has 0 radical (unpaired) electrons. The highest BCUT2D eigenvalue weighted by Crippen LogP contribution is 2.25. The Labute approximate surface area is 34.2 Å². The van der Waals surface area contributed by atoms with Gasteiger partial charge in [-0.3, -0.25) is 0 Å². The topological polar surface area (TPSA) is 18.5 Å². The van der Waals surface area contributed by atoms with Crippen LogP contribution in [0.2, 0.25) is 0 Å². The van der Waals surface area contributed by atoms with Gasteiger partial charge in [-0.15, -0.1) is 0 Å². The van der Waals surface area contributed by atoms with Crippen molar-refractivity contribution in [1.82, 2.24) is 0 Å². The van der Waals surface area contributed by atoms with Gasteiger partial charge in [0.1, 0.15) is 0 Å². The highest BCUT2D eigenvalue weighted by atomic mass is 32.2. The van der Waals surface area contributed by atoms with Crippen molar-refractivity contribution in [2.45, 2.75) is 0 Å². The lowest BCUT2D eigenvalue weighted by Crippen LogP contribution is -1.93. The van der Waals surface area contributed by atoms with E-state index in [0.717, 1.165) is 12.3 Å². The molecule has 0 saturated carbocycles. The summed E-state index contributed by atoms with van der Waals surface area (Å²) in [6, 6.07) is 0. The Balaban J connectivity index is 2.32. The van der Waals surface area contributed by atoms with Crippen LogP contribution in [0.1, 0.15) is 0 Å². The minimum absolute atomic E-state index is 0.398. The van der Waals surface area contributed by atoms with Gasteiger partial charge < -0.3 is 8.37 Å². The van der Waals surface area contributed by atoms with Gasteiger partial charge in [0, 0.05) is 0 Å². The highest BCUT2D eigenvalue weighted by Gasteiger charge is 2.08. The first-order chi connectivity index (χ1) is 2.39. The summed E-state index contributed by atoms with van der Waals surface area (Å²) in [6.07, 6.45) is 0. The van der Waals surface area contributed by atoms with Gasteiger partial charge in [-0.1, -0.05) is 0 Å². The molecule has 2 nitrogen and oxygen atoms in total. The van der Waals surface area contributed by atoms with Crippen LogP contribution in [0.5, 0.6) is 0 Å². The lowest BCUT2D eigenvalue weighted by atomic mass is 11.1. The minimum Gasteiger partial charge on any atom is -0.354 e. The van der Waals surface area contributed by atoms with Crippen LogP contribution in [0.3, 0.4) is 0 Å². The van der Waals surface area contributed by atoms with Crippen molar-refractivity contribution in [3.8, 4) is 0 Å². The van der Waals surface area contributed by atoms with E-state index in [1.807, 2.05) is 0 Å². The van der Waals surface area contributed by atoms with Gasteiger partial charge in [0.15, 0.2) is 0 Å². The summed E-state index contributed by atoms with van der Waals surface area (Å²) in [5.41, 5.74) is 0. The van der Waals surface area contributed by atoms with Crippen LogP contribution >= 0.6 is 12.3 Å². The smallest absolute Gasteiger partial charge is 0.303 e. The van der Waals surface area contributed by atoms with Gasteiger partial charge in [-0.05, 0) is 6.58 Å². The number of hydrogen-bond acceptors (Lipinski definition) is 3. The molecule has 1 saturated heterocycles. The van der Waals surface area contributed by atoms with Crippen molar-refractivity contribution >= 4 is 12.3 Å². The second-order valence-corrected chi connectivity index (χ2v) is 1.08. The molecule has 0 aromatic rings. The second kappa shape index (κ2) is 0.825. The average Bonchev–Trinajstić information content (AvgIpc) is 1.30. The van der Waals surface area contributed by atoms with Crippen LogP contribution in [0, 0.1) is 0 Å². The predicted octanol–water partition coefficient (Wildman–Crippen LogP) is 1.07. The molecule has 0 unspecified atom stereocenters. The predicted molar refractivity (Wildman–Crippen MR) is 18.9 cm³/mol. The fourth-order valence-corrected chi connectivity index (χ4v) is 0.246. The van der Waals surface area contributed by atoms with E-state index in [9.17, 15) is 0 Å². The van der Waals surface area contributed by atoms with Gasteiger partial charge in [0.05, 0.1) is 0 Å². The molecular formula is C2H2O2S. The fraction of sp³-hybridized carbons (Fsp3) is 0. The molecule has 1 rings (SSSR count). The van der Waals surface area contributed by atoms with E-state index in [-0.39, 0.29) is 0 Å². The molecule has 0 aromatic carbocycles. The van der Waals surface area contributed by atoms with Crippen molar-refractivity contribution in [2.75, 3.05) is 0 Å². The molecule has 28 valence electrons. The summed E-state index contributed by atoms with van der Waals surface area (Å²) < 4.78 is 8.86. The normalized spacial score (nSPS) is 18.8. The first-order valence-electron chi connectivity index (χ1n) is 1.10. The standard InChI is InChI=1S/C2H2O2S/c1-2-3-5-4-2/h1H2. The molecule has 1 aliphatic rings. The molecule has 1 fully saturated rings. The molecule has 0 aliphatic carbocycles. The van der Waals surface area contributed by atoms with Crippen LogP contribution in [0.15, 0.2) is 12.5 Å². The number of rotatable bonds is 0. The van der Waals surface area contributed by atoms with Crippen LogP contribution < -0.4 is 0 Å². The van der Waals surface area contributed by atoms with Crippen molar-refractivity contribution < 1.29 is 8.37 Å². The number of hydrogen-bond donors (Lipinski definition) is 0. The first-order valence-corrected chi connectivity index (χ1v) is 1.76. The van der Waals surface area contributed by atoms with Gasteiger partial charge in [-0.2, -0.15) is 0 Å². The third-order valence-electron chi connectivity index (χ3n) is 0.254. The Hall–Kier alpha value is -0.310. The summed E-state index contributed by atoms with van der Waals surface area (Å²) in [7, 11) is 0. The van der Waals surface area contributed by atoms with E-state index in [1.54, 1.807) is 0 Å². The Morgan fingerprint density at radius 3 is 2.00 bits per heavy atom. The Bertz CT molecular complexity index is 54.7. The van der Waals surface area contributed by atoms with Crippen molar-refractivity contribution in [3.63, 3.8) is 0 Å². The van der Waals surface area contributed by atoms with Gasteiger partial charge in [0.2, 0.25) is 0 Å². The summed E-state index contributed by atoms with van der Waals surface area (Å²) in [5.74, 6) is 0.398. The van der Waals surface area contributed by atoms with Gasteiger partial charge in [-0.25, -0.2) is 0 Å². The van der Waals surface area contributed by atoms with Crippen molar-refractivity contribution in [2.24, 2.45) is 0 Å². The molecule has 1 aliphatic heterocycles. The fourth-order valence-electron chi connectivity index (χ4n) is 0.0821. The molecule has 1 heterocycles. The molecule has 0 bridgehead atoms. The van der Waals surface area contributed by atoms with Crippen molar-refractivity contribution in [3.05, 3.63) is 12.5 Å². The zero-order valence-electron chi connectivity index (χ0n) is 2.43. The zero-order chi connectivity index (χ0) is 3.70. The average molecular weight is 90.1 g/mol. The monoisotopic (exact) mass is 90.0 g/mol. The summed E-state index contributed by atoms with van der Waals surface area (Å²) in [6.45, 7) is 3.30. The molecule has 0 spiro atoms. The van der Waals surface area contributed by atoms with Gasteiger partial charge in [0.25, 0.3) is 12.3 Å². The summed E-state index contributed by atoms with van der Waals surface area (Å²) in [4.78, 5) is 0. The Kier molecular flexibility index (Phi) is 0.479. The molecule has 0 N–H and O–H groups in total. The van der Waals surface area contributed by atoms with Crippen LogP contribution in [0.25, 0.3) is 0 Å². The maximum Gasteiger partial charge on any atom is 0.303 e. The second-order valence-electron chi connectivity index (χ2n) is 0.607.